The van der Waals surface area contributed by atoms with Crippen molar-refractivity contribution in [1.29, 1.82) is 0 Å². The number of benzene rings is 1. The first kappa shape index (κ1) is 13.8. The molecule has 1 heterocycles. The van der Waals surface area contributed by atoms with Crippen LogP contribution in [0.2, 0.25) is 0 Å². The van der Waals surface area contributed by atoms with Crippen molar-refractivity contribution in [3.8, 4) is 5.75 Å². The third-order valence-corrected chi connectivity index (χ3v) is 2.96. The second-order valence-electron chi connectivity index (χ2n) is 4.22. The van der Waals surface area contributed by atoms with Gasteiger partial charge in [0.15, 0.2) is 11.6 Å². The minimum atomic E-state index is -1.19. The summed E-state index contributed by atoms with van der Waals surface area (Å²) in [5.74, 6) is -2.04. The number of carbonyl (C=O) groups is 1. The molecule has 5 nitrogen and oxygen atoms in total. The molecule has 0 radical (unpaired) electrons. The van der Waals surface area contributed by atoms with Gasteiger partial charge in [0.05, 0.1) is 13.2 Å². The van der Waals surface area contributed by atoms with E-state index < -0.39 is 11.8 Å². The van der Waals surface area contributed by atoms with Crippen LogP contribution in [0, 0.1) is 5.82 Å². The molecule has 1 N–H and O–H groups in total. The fourth-order valence-electron chi connectivity index (χ4n) is 1.93. The van der Waals surface area contributed by atoms with Gasteiger partial charge in [-0.25, -0.2) is 9.18 Å². The fourth-order valence-corrected chi connectivity index (χ4v) is 1.93. The van der Waals surface area contributed by atoms with Crippen LogP contribution in [-0.2, 0) is 4.74 Å². The summed E-state index contributed by atoms with van der Waals surface area (Å²) in [6.45, 7) is 3.86. The highest BCUT2D eigenvalue weighted by Crippen LogP contribution is 2.22. The predicted molar refractivity (Wildman–Crippen MR) is 66.1 cm³/mol. The lowest BCUT2D eigenvalue weighted by Gasteiger charge is -2.26. The van der Waals surface area contributed by atoms with E-state index in [4.69, 9.17) is 14.6 Å². The van der Waals surface area contributed by atoms with Crippen LogP contribution in [0.1, 0.15) is 10.4 Å². The second kappa shape index (κ2) is 6.49. The number of hydrogen-bond acceptors (Lipinski definition) is 4. The molecule has 0 bridgehead atoms. The Kier molecular flexibility index (Phi) is 4.70. The topological polar surface area (TPSA) is 59.0 Å². The van der Waals surface area contributed by atoms with E-state index in [1.165, 1.54) is 18.2 Å². The zero-order valence-corrected chi connectivity index (χ0v) is 10.5. The minimum absolute atomic E-state index is 0.151. The molecule has 1 aromatic rings. The van der Waals surface area contributed by atoms with Crippen LogP contribution >= 0.6 is 0 Å². The first-order valence-electron chi connectivity index (χ1n) is 6.13. The summed E-state index contributed by atoms with van der Waals surface area (Å²) >= 11 is 0. The lowest BCUT2D eigenvalue weighted by atomic mass is 10.2. The Morgan fingerprint density at radius 2 is 2.16 bits per heavy atom. The van der Waals surface area contributed by atoms with E-state index in [9.17, 15) is 9.18 Å². The number of para-hydroxylation sites is 1. The largest absolute Gasteiger partial charge is 0.488 e. The van der Waals surface area contributed by atoms with Gasteiger partial charge in [-0.2, -0.15) is 0 Å². The Labute approximate surface area is 110 Å². The summed E-state index contributed by atoms with van der Waals surface area (Å²) in [5.41, 5.74) is -0.151. The third kappa shape index (κ3) is 3.65. The van der Waals surface area contributed by atoms with E-state index in [0.29, 0.717) is 19.8 Å². The number of carboxylic acids is 1. The monoisotopic (exact) mass is 269 g/mol. The molecule has 1 aliphatic heterocycles. The Morgan fingerprint density at radius 3 is 2.84 bits per heavy atom. The molecule has 1 aliphatic rings. The van der Waals surface area contributed by atoms with Gasteiger partial charge in [-0.1, -0.05) is 6.07 Å². The van der Waals surface area contributed by atoms with Crippen LogP contribution < -0.4 is 4.74 Å². The van der Waals surface area contributed by atoms with Gasteiger partial charge >= 0.3 is 5.97 Å². The van der Waals surface area contributed by atoms with Crippen molar-refractivity contribution >= 4 is 5.97 Å². The van der Waals surface area contributed by atoms with Crippen molar-refractivity contribution in [1.82, 2.24) is 4.90 Å². The normalized spacial score (nSPS) is 16.3. The molecule has 0 atom stereocenters. The Hall–Kier alpha value is -1.66. The van der Waals surface area contributed by atoms with Crippen molar-refractivity contribution in [2.75, 3.05) is 39.5 Å². The van der Waals surface area contributed by atoms with E-state index >= 15 is 0 Å². The molecule has 0 saturated carbocycles. The van der Waals surface area contributed by atoms with Crippen LogP contribution in [0.4, 0.5) is 4.39 Å². The van der Waals surface area contributed by atoms with Crippen LogP contribution in [0.15, 0.2) is 18.2 Å². The number of hydrogen-bond donors (Lipinski definition) is 1. The zero-order chi connectivity index (χ0) is 13.7. The molecule has 0 aliphatic carbocycles. The highest BCUT2D eigenvalue weighted by atomic mass is 19.1. The van der Waals surface area contributed by atoms with Crippen LogP contribution in [0.25, 0.3) is 0 Å². The van der Waals surface area contributed by atoms with Gasteiger partial charge in [0.25, 0.3) is 0 Å². The molecule has 19 heavy (non-hydrogen) atoms. The summed E-state index contributed by atoms with van der Waals surface area (Å²) in [6.07, 6.45) is 0. The molecule has 6 heteroatoms. The van der Waals surface area contributed by atoms with Crippen molar-refractivity contribution in [3.63, 3.8) is 0 Å². The predicted octanol–water partition coefficient (Wildman–Crippen LogP) is 1.23. The van der Waals surface area contributed by atoms with E-state index in [-0.39, 0.29) is 17.9 Å². The SMILES string of the molecule is O=C(O)c1cccc(F)c1OCCN1CCOCC1. The van der Waals surface area contributed by atoms with Crippen molar-refractivity contribution < 1.29 is 23.8 Å². The minimum Gasteiger partial charge on any atom is -0.488 e. The standard InChI is InChI=1S/C13H16FNO4/c14-11-3-1-2-10(13(16)17)12(11)19-9-6-15-4-7-18-8-5-15/h1-3H,4-9H2,(H,16,17). The second-order valence-corrected chi connectivity index (χ2v) is 4.22. The molecule has 0 amide bonds. The summed E-state index contributed by atoms with van der Waals surface area (Å²) in [5, 5.41) is 8.96. The zero-order valence-electron chi connectivity index (χ0n) is 10.5. The quantitative estimate of drug-likeness (QED) is 0.871. The molecule has 0 spiro atoms. The summed E-state index contributed by atoms with van der Waals surface area (Å²) in [7, 11) is 0. The van der Waals surface area contributed by atoms with E-state index in [2.05, 4.69) is 4.90 Å². The smallest absolute Gasteiger partial charge is 0.339 e. The average molecular weight is 269 g/mol. The summed E-state index contributed by atoms with van der Waals surface area (Å²) in [6, 6.07) is 3.87. The Morgan fingerprint density at radius 1 is 1.42 bits per heavy atom. The Bertz CT molecular complexity index is 446. The molecule has 0 aromatic heterocycles. The maximum atomic E-state index is 13.6. The highest BCUT2D eigenvalue weighted by molar-refractivity contribution is 5.90. The van der Waals surface area contributed by atoms with Gasteiger partial charge in [0.2, 0.25) is 0 Å². The fraction of sp³-hybridized carbons (Fsp3) is 0.462. The summed E-state index contributed by atoms with van der Waals surface area (Å²) < 4.78 is 24.1. The number of nitrogens with zero attached hydrogens (tertiary/aromatic N) is 1. The molecular formula is C13H16FNO4. The van der Waals surface area contributed by atoms with Gasteiger partial charge in [0.1, 0.15) is 12.2 Å². The first-order valence-corrected chi connectivity index (χ1v) is 6.13. The number of ether oxygens (including phenoxy) is 2. The lowest BCUT2D eigenvalue weighted by molar-refractivity contribution is 0.0319. The Balaban J connectivity index is 1.93. The first-order chi connectivity index (χ1) is 9.18. The van der Waals surface area contributed by atoms with Gasteiger partial charge in [0, 0.05) is 19.6 Å². The molecule has 104 valence electrons. The lowest BCUT2D eigenvalue weighted by Crippen LogP contribution is -2.38. The van der Waals surface area contributed by atoms with Crippen molar-refractivity contribution in [2.24, 2.45) is 0 Å². The molecule has 0 unspecified atom stereocenters. The van der Waals surface area contributed by atoms with E-state index in [1.54, 1.807) is 0 Å². The third-order valence-electron chi connectivity index (χ3n) is 2.96. The maximum Gasteiger partial charge on any atom is 0.339 e. The van der Waals surface area contributed by atoms with Gasteiger partial charge in [-0.15, -0.1) is 0 Å². The molecular weight excluding hydrogens is 253 g/mol. The van der Waals surface area contributed by atoms with Gasteiger partial charge < -0.3 is 14.6 Å². The number of aromatic carboxylic acids is 1. The number of halogens is 1. The van der Waals surface area contributed by atoms with Gasteiger partial charge in [-0.3, -0.25) is 4.90 Å². The summed E-state index contributed by atoms with van der Waals surface area (Å²) in [4.78, 5) is 13.1. The van der Waals surface area contributed by atoms with Crippen molar-refractivity contribution in [2.45, 2.75) is 0 Å². The van der Waals surface area contributed by atoms with Gasteiger partial charge in [-0.05, 0) is 12.1 Å². The van der Waals surface area contributed by atoms with Crippen LogP contribution in [0.5, 0.6) is 5.75 Å². The number of morpholine rings is 1. The molecule has 1 fully saturated rings. The molecule has 1 saturated heterocycles. The van der Waals surface area contributed by atoms with Crippen LogP contribution in [0.3, 0.4) is 0 Å². The molecule has 1 aromatic carbocycles. The van der Waals surface area contributed by atoms with Crippen molar-refractivity contribution in [3.05, 3.63) is 29.6 Å². The highest BCUT2D eigenvalue weighted by Gasteiger charge is 2.16. The van der Waals surface area contributed by atoms with Crippen LogP contribution in [-0.4, -0.2) is 55.4 Å². The van der Waals surface area contributed by atoms with E-state index in [0.717, 1.165) is 13.1 Å². The van der Waals surface area contributed by atoms with E-state index in [1.807, 2.05) is 0 Å². The number of rotatable bonds is 5. The number of carboxylic acid groups (broad SMARTS) is 1. The molecule has 2 rings (SSSR count). The average Bonchev–Trinajstić information content (AvgIpc) is 2.41. The maximum absolute atomic E-state index is 13.6.